The third-order valence-electron chi connectivity index (χ3n) is 5.90. The number of rotatable bonds is 11. The number of unbranched alkanes of at least 4 members (excludes halogenated alkanes) is 3. The van der Waals surface area contributed by atoms with Crippen molar-refractivity contribution in [2.75, 3.05) is 11.9 Å². The van der Waals surface area contributed by atoms with Crippen LogP contribution in [-0.4, -0.2) is 46.1 Å². The van der Waals surface area contributed by atoms with Crippen molar-refractivity contribution in [2.45, 2.75) is 84.9 Å². The molecule has 0 heterocycles. The van der Waals surface area contributed by atoms with E-state index in [1.807, 2.05) is 13.0 Å². The summed E-state index contributed by atoms with van der Waals surface area (Å²) in [6.07, 6.45) is 2.73. The van der Waals surface area contributed by atoms with Crippen LogP contribution in [-0.2, 0) is 14.3 Å². The molecule has 2 aromatic carbocycles. The molecule has 0 spiro atoms. The van der Waals surface area contributed by atoms with E-state index in [9.17, 15) is 19.5 Å². The molecule has 0 bridgehead atoms. The Labute approximate surface area is 230 Å². The van der Waals surface area contributed by atoms with Crippen molar-refractivity contribution in [1.82, 2.24) is 10.2 Å². The second kappa shape index (κ2) is 14.0. The number of aryl methyl sites for hydroxylation is 1. The van der Waals surface area contributed by atoms with Crippen LogP contribution in [0.2, 0.25) is 5.02 Å². The smallest absolute Gasteiger partial charge is 0.408 e. The number of alkyl carbamates (subject to hydrolysis) is 1. The van der Waals surface area contributed by atoms with Crippen molar-refractivity contribution < 1.29 is 24.2 Å². The number of carbonyl (C=O) groups is 3. The highest BCUT2D eigenvalue weighted by atomic mass is 35.5. The number of benzene rings is 2. The minimum absolute atomic E-state index is 0.123. The molecule has 0 fully saturated rings. The van der Waals surface area contributed by atoms with E-state index in [1.54, 1.807) is 58.0 Å². The second-order valence-corrected chi connectivity index (χ2v) is 10.7. The fourth-order valence-corrected chi connectivity index (χ4v) is 4.29. The second-order valence-electron chi connectivity index (χ2n) is 10.3. The van der Waals surface area contributed by atoms with E-state index in [-0.39, 0.29) is 17.9 Å². The van der Waals surface area contributed by atoms with Gasteiger partial charge in [0.25, 0.3) is 5.91 Å². The number of hydrogen-bond donors (Lipinski definition) is 3. The van der Waals surface area contributed by atoms with Crippen LogP contribution in [0.4, 0.5) is 10.5 Å². The van der Waals surface area contributed by atoms with Gasteiger partial charge in [-0.25, -0.2) is 4.79 Å². The topological polar surface area (TPSA) is 108 Å². The molecule has 2 rings (SSSR count). The lowest BCUT2D eigenvalue weighted by molar-refractivity contribution is -0.140. The summed E-state index contributed by atoms with van der Waals surface area (Å²) < 4.78 is 5.31. The van der Waals surface area contributed by atoms with Gasteiger partial charge in [0.15, 0.2) is 0 Å². The third kappa shape index (κ3) is 8.94. The van der Waals surface area contributed by atoms with Crippen molar-refractivity contribution in [3.05, 3.63) is 58.6 Å². The molecular formula is C29H40ClN3O5. The number of halogens is 1. The zero-order valence-corrected chi connectivity index (χ0v) is 23.9. The molecule has 8 nitrogen and oxygen atoms in total. The molecule has 0 aromatic heterocycles. The van der Waals surface area contributed by atoms with E-state index in [4.69, 9.17) is 16.3 Å². The average molecular weight is 546 g/mol. The lowest BCUT2D eigenvalue weighted by atomic mass is 10.0. The minimum atomic E-state index is -1.18. The first-order valence-electron chi connectivity index (χ1n) is 13.0. The van der Waals surface area contributed by atoms with Gasteiger partial charge in [-0.15, -0.1) is 0 Å². The van der Waals surface area contributed by atoms with Crippen molar-refractivity contribution >= 4 is 35.2 Å². The van der Waals surface area contributed by atoms with Gasteiger partial charge >= 0.3 is 6.09 Å². The van der Waals surface area contributed by atoms with E-state index < -0.39 is 35.6 Å². The number of nitrogens with one attached hydrogen (secondary N) is 2. The standard InChI is InChI=1S/C29H40ClN3O5/c1-7-8-9-12-18-33(27(36)20(3)31-28(37)38-29(4,5)6)25(21-15-10-11-17-23(21)34)26(35)32-24-19(2)14-13-16-22(24)30/h10-11,13-17,20,25,34H,7-9,12,18H2,1-6H3,(H,31,37)(H,32,35). The molecular weight excluding hydrogens is 506 g/mol. The van der Waals surface area contributed by atoms with Crippen LogP contribution in [0.1, 0.15) is 77.5 Å². The van der Waals surface area contributed by atoms with E-state index >= 15 is 0 Å². The van der Waals surface area contributed by atoms with Gasteiger partial charge in [0.1, 0.15) is 23.4 Å². The Morgan fingerprint density at radius 1 is 1.05 bits per heavy atom. The zero-order valence-electron chi connectivity index (χ0n) is 23.1. The number of phenols is 1. The monoisotopic (exact) mass is 545 g/mol. The average Bonchev–Trinajstić information content (AvgIpc) is 2.82. The van der Waals surface area contributed by atoms with Crippen LogP contribution < -0.4 is 10.6 Å². The SMILES string of the molecule is CCCCCCN(C(=O)C(C)NC(=O)OC(C)(C)C)C(C(=O)Nc1c(C)cccc1Cl)c1ccccc1O. The third-order valence-corrected chi connectivity index (χ3v) is 6.22. The molecule has 0 radical (unpaired) electrons. The Morgan fingerprint density at radius 3 is 2.34 bits per heavy atom. The summed E-state index contributed by atoms with van der Waals surface area (Å²) in [5.74, 6) is -1.13. The molecule has 9 heteroatoms. The van der Waals surface area contributed by atoms with Crippen LogP contribution in [0.3, 0.4) is 0 Å². The van der Waals surface area contributed by atoms with Crippen molar-refractivity contribution in [3.8, 4) is 5.75 Å². The van der Waals surface area contributed by atoms with Crippen LogP contribution >= 0.6 is 11.6 Å². The van der Waals surface area contributed by atoms with E-state index in [1.165, 1.54) is 11.0 Å². The molecule has 2 atom stereocenters. The molecule has 0 aliphatic rings. The van der Waals surface area contributed by atoms with Crippen LogP contribution in [0.15, 0.2) is 42.5 Å². The maximum Gasteiger partial charge on any atom is 0.408 e. The van der Waals surface area contributed by atoms with Crippen molar-refractivity contribution in [1.29, 1.82) is 0 Å². The predicted molar refractivity (Wildman–Crippen MR) is 150 cm³/mol. The fourth-order valence-electron chi connectivity index (χ4n) is 4.02. The predicted octanol–water partition coefficient (Wildman–Crippen LogP) is 6.36. The first-order chi connectivity index (χ1) is 17.9. The summed E-state index contributed by atoms with van der Waals surface area (Å²) in [5.41, 5.74) is 0.709. The molecule has 3 N–H and O–H groups in total. The maximum atomic E-state index is 13.9. The zero-order chi connectivity index (χ0) is 28.5. The van der Waals surface area contributed by atoms with Gasteiger partial charge in [0, 0.05) is 12.1 Å². The molecule has 2 aromatic rings. The van der Waals surface area contributed by atoms with E-state index in [0.717, 1.165) is 24.8 Å². The summed E-state index contributed by atoms with van der Waals surface area (Å²) in [7, 11) is 0. The van der Waals surface area contributed by atoms with Crippen LogP contribution in [0.25, 0.3) is 0 Å². The van der Waals surface area contributed by atoms with Crippen LogP contribution in [0.5, 0.6) is 5.75 Å². The summed E-state index contributed by atoms with van der Waals surface area (Å²) in [6.45, 7) is 10.9. The van der Waals surface area contributed by atoms with E-state index in [2.05, 4.69) is 17.6 Å². The Morgan fingerprint density at radius 2 is 1.74 bits per heavy atom. The highest BCUT2D eigenvalue weighted by Crippen LogP contribution is 2.33. The molecule has 0 saturated carbocycles. The lowest BCUT2D eigenvalue weighted by Gasteiger charge is -2.34. The Kier molecular flexibility index (Phi) is 11.4. The number of hydrogen-bond acceptors (Lipinski definition) is 5. The number of para-hydroxylation sites is 2. The minimum Gasteiger partial charge on any atom is -0.508 e. The highest BCUT2D eigenvalue weighted by Gasteiger charge is 2.36. The van der Waals surface area contributed by atoms with Gasteiger partial charge in [0.05, 0.1) is 10.7 Å². The van der Waals surface area contributed by atoms with Gasteiger partial charge in [0.2, 0.25) is 5.91 Å². The largest absolute Gasteiger partial charge is 0.508 e. The highest BCUT2D eigenvalue weighted by molar-refractivity contribution is 6.34. The summed E-state index contributed by atoms with van der Waals surface area (Å²) >= 11 is 6.37. The molecule has 0 aliphatic carbocycles. The number of amides is 3. The molecule has 3 amide bonds. The number of phenolic OH excluding ortho intramolecular Hbond substituents is 1. The molecule has 0 aliphatic heterocycles. The van der Waals surface area contributed by atoms with Gasteiger partial charge in [-0.3, -0.25) is 9.59 Å². The van der Waals surface area contributed by atoms with Crippen LogP contribution in [0, 0.1) is 6.92 Å². The molecule has 208 valence electrons. The Balaban J connectivity index is 2.48. The number of ether oxygens (including phenoxy) is 1. The van der Waals surface area contributed by atoms with Crippen molar-refractivity contribution in [3.63, 3.8) is 0 Å². The number of nitrogens with zero attached hydrogens (tertiary/aromatic N) is 1. The lowest BCUT2D eigenvalue weighted by Crippen LogP contribution is -2.51. The number of anilines is 1. The Bertz CT molecular complexity index is 1100. The normalized spacial score (nSPS) is 12.8. The van der Waals surface area contributed by atoms with Gasteiger partial charge in [-0.1, -0.05) is 68.1 Å². The molecule has 0 saturated heterocycles. The van der Waals surface area contributed by atoms with Gasteiger partial charge in [-0.2, -0.15) is 0 Å². The quantitative estimate of drug-likeness (QED) is 0.285. The number of carbonyl (C=O) groups excluding carboxylic acids is 3. The van der Waals surface area contributed by atoms with E-state index in [0.29, 0.717) is 17.1 Å². The number of aromatic hydroxyl groups is 1. The molecule has 38 heavy (non-hydrogen) atoms. The first-order valence-corrected chi connectivity index (χ1v) is 13.4. The van der Waals surface area contributed by atoms with Crippen molar-refractivity contribution in [2.24, 2.45) is 0 Å². The fraction of sp³-hybridized carbons (Fsp3) is 0.483. The maximum absolute atomic E-state index is 13.9. The Hall–Kier alpha value is -3.26. The summed E-state index contributed by atoms with van der Waals surface area (Å²) in [5, 5.41) is 16.5. The summed E-state index contributed by atoms with van der Waals surface area (Å²) in [4.78, 5) is 41.5. The van der Waals surface area contributed by atoms with Gasteiger partial charge in [-0.05, 0) is 58.7 Å². The summed E-state index contributed by atoms with van der Waals surface area (Å²) in [6, 6.07) is 9.51. The van der Waals surface area contributed by atoms with Gasteiger partial charge < -0.3 is 25.4 Å². The molecule has 2 unspecified atom stereocenters. The first kappa shape index (κ1) is 31.0.